The fourth-order valence-corrected chi connectivity index (χ4v) is 2.42. The minimum atomic E-state index is -3.97. The van der Waals surface area contributed by atoms with Crippen molar-refractivity contribution >= 4 is 16.4 Å². The van der Waals surface area contributed by atoms with Crippen LogP contribution in [0.1, 0.15) is 24.3 Å². The number of fused-ring (bicyclic) bond motifs is 1. The Morgan fingerprint density at radius 2 is 2.20 bits per heavy atom. The van der Waals surface area contributed by atoms with Crippen LogP contribution in [-0.2, 0) is 23.6 Å². The standard InChI is InChI=1S/C12H14O7S/c1-17-20(15,16)18-5-4-8-6-12(14)19-11-7-9(13)2-3-10(8)11/h2-3,7-8,13H,4-6H2,1H3. The van der Waals surface area contributed by atoms with E-state index in [0.717, 1.165) is 12.7 Å². The molecule has 0 aliphatic carbocycles. The van der Waals surface area contributed by atoms with Crippen molar-refractivity contribution in [3.05, 3.63) is 23.8 Å². The lowest BCUT2D eigenvalue weighted by Gasteiger charge is -2.24. The number of phenolic OH excluding ortho intramolecular Hbond substituents is 1. The van der Waals surface area contributed by atoms with Gasteiger partial charge in [-0.2, -0.15) is 8.42 Å². The summed E-state index contributed by atoms with van der Waals surface area (Å²) in [4.78, 5) is 11.5. The van der Waals surface area contributed by atoms with Gasteiger partial charge in [-0.25, -0.2) is 4.18 Å². The van der Waals surface area contributed by atoms with Gasteiger partial charge in [0.05, 0.1) is 20.1 Å². The van der Waals surface area contributed by atoms with Gasteiger partial charge in [0.1, 0.15) is 11.5 Å². The third-order valence-corrected chi connectivity index (χ3v) is 3.84. The summed E-state index contributed by atoms with van der Waals surface area (Å²) in [5.41, 5.74) is 0.737. The van der Waals surface area contributed by atoms with Gasteiger partial charge in [-0.1, -0.05) is 6.07 Å². The van der Waals surface area contributed by atoms with E-state index in [4.69, 9.17) is 4.74 Å². The van der Waals surface area contributed by atoms with Gasteiger partial charge in [0.25, 0.3) is 0 Å². The first-order valence-electron chi connectivity index (χ1n) is 5.90. The van der Waals surface area contributed by atoms with E-state index in [9.17, 15) is 18.3 Å². The third kappa shape index (κ3) is 3.47. The maximum absolute atomic E-state index is 11.5. The summed E-state index contributed by atoms with van der Waals surface area (Å²) in [5, 5.41) is 9.36. The van der Waals surface area contributed by atoms with E-state index >= 15 is 0 Å². The second kappa shape index (κ2) is 5.78. The lowest BCUT2D eigenvalue weighted by molar-refractivity contribution is -0.136. The molecule has 1 heterocycles. The molecule has 0 amide bonds. The van der Waals surface area contributed by atoms with Crippen LogP contribution in [0.4, 0.5) is 0 Å². The average Bonchev–Trinajstić information content (AvgIpc) is 2.37. The van der Waals surface area contributed by atoms with E-state index < -0.39 is 16.4 Å². The third-order valence-electron chi connectivity index (χ3n) is 2.97. The molecule has 20 heavy (non-hydrogen) atoms. The molecule has 110 valence electrons. The highest BCUT2D eigenvalue weighted by Crippen LogP contribution is 2.38. The minimum absolute atomic E-state index is 0.00425. The largest absolute Gasteiger partial charge is 0.508 e. The Kier molecular flexibility index (Phi) is 4.26. The second-order valence-electron chi connectivity index (χ2n) is 4.28. The molecule has 7 nitrogen and oxygen atoms in total. The summed E-state index contributed by atoms with van der Waals surface area (Å²) in [7, 11) is -2.97. The highest BCUT2D eigenvalue weighted by Gasteiger charge is 2.27. The molecule has 0 spiro atoms. The number of aromatic hydroxyl groups is 1. The van der Waals surface area contributed by atoms with Crippen molar-refractivity contribution in [1.29, 1.82) is 0 Å². The lowest BCUT2D eigenvalue weighted by atomic mass is 9.90. The molecular formula is C12H14O7S. The van der Waals surface area contributed by atoms with Gasteiger partial charge < -0.3 is 9.84 Å². The Hall–Kier alpha value is -1.64. The molecule has 1 aromatic carbocycles. The molecular weight excluding hydrogens is 288 g/mol. The Labute approximate surface area is 116 Å². The summed E-state index contributed by atoms with van der Waals surface area (Å²) in [5.74, 6) is -0.363. The van der Waals surface area contributed by atoms with Crippen LogP contribution in [0, 0.1) is 0 Å². The van der Waals surface area contributed by atoms with Crippen molar-refractivity contribution in [1.82, 2.24) is 0 Å². The molecule has 1 aliphatic rings. The van der Waals surface area contributed by atoms with Crippen molar-refractivity contribution in [2.45, 2.75) is 18.8 Å². The van der Waals surface area contributed by atoms with Crippen LogP contribution in [0.2, 0.25) is 0 Å². The lowest BCUT2D eigenvalue weighted by Crippen LogP contribution is -2.21. The fraction of sp³-hybridized carbons (Fsp3) is 0.417. The first-order valence-corrected chi connectivity index (χ1v) is 7.23. The fourth-order valence-electron chi connectivity index (χ4n) is 2.02. The highest BCUT2D eigenvalue weighted by atomic mass is 32.3. The van der Waals surface area contributed by atoms with E-state index in [0.29, 0.717) is 12.2 Å². The van der Waals surface area contributed by atoms with E-state index in [1.165, 1.54) is 12.1 Å². The number of phenols is 1. The number of carbonyl (C=O) groups excluding carboxylic acids is 1. The molecule has 1 unspecified atom stereocenters. The van der Waals surface area contributed by atoms with Gasteiger partial charge in [0.15, 0.2) is 0 Å². The van der Waals surface area contributed by atoms with Crippen LogP contribution >= 0.6 is 0 Å². The van der Waals surface area contributed by atoms with Crippen molar-refractivity contribution in [3.8, 4) is 11.5 Å². The quantitative estimate of drug-likeness (QED) is 0.641. The first-order chi connectivity index (χ1) is 9.41. The summed E-state index contributed by atoms with van der Waals surface area (Å²) in [6, 6.07) is 4.48. The van der Waals surface area contributed by atoms with Crippen LogP contribution in [0.15, 0.2) is 18.2 Å². The molecule has 1 atom stereocenters. The number of hydrogen-bond acceptors (Lipinski definition) is 7. The number of rotatable bonds is 5. The van der Waals surface area contributed by atoms with Crippen LogP contribution < -0.4 is 4.74 Å². The predicted molar refractivity (Wildman–Crippen MR) is 67.6 cm³/mol. The number of esters is 1. The Morgan fingerprint density at radius 3 is 2.90 bits per heavy atom. The smallest absolute Gasteiger partial charge is 0.399 e. The monoisotopic (exact) mass is 302 g/mol. The topological polar surface area (TPSA) is 99.1 Å². The molecule has 1 aliphatic heterocycles. The summed E-state index contributed by atoms with van der Waals surface area (Å²) in [6.45, 7) is -0.103. The van der Waals surface area contributed by atoms with Crippen molar-refractivity contribution in [2.24, 2.45) is 0 Å². The number of benzene rings is 1. The summed E-state index contributed by atoms with van der Waals surface area (Å²) >= 11 is 0. The normalized spacial score (nSPS) is 18.4. The SMILES string of the molecule is COS(=O)(=O)OCCC1CC(=O)Oc2cc(O)ccc21. The van der Waals surface area contributed by atoms with Crippen molar-refractivity contribution in [3.63, 3.8) is 0 Å². The Balaban J connectivity index is 2.08. The molecule has 0 aromatic heterocycles. The molecule has 0 fully saturated rings. The Bertz CT molecular complexity index is 608. The highest BCUT2D eigenvalue weighted by molar-refractivity contribution is 7.81. The average molecular weight is 302 g/mol. The molecule has 2 rings (SSSR count). The van der Waals surface area contributed by atoms with Crippen LogP contribution in [0.25, 0.3) is 0 Å². The van der Waals surface area contributed by atoms with E-state index in [1.807, 2.05) is 0 Å². The number of ether oxygens (including phenoxy) is 1. The van der Waals surface area contributed by atoms with Crippen molar-refractivity contribution in [2.75, 3.05) is 13.7 Å². The summed E-state index contributed by atoms with van der Waals surface area (Å²) < 4.78 is 35.8. The number of carbonyl (C=O) groups is 1. The first kappa shape index (κ1) is 14.8. The zero-order valence-corrected chi connectivity index (χ0v) is 11.6. The minimum Gasteiger partial charge on any atom is -0.508 e. The Morgan fingerprint density at radius 1 is 1.45 bits per heavy atom. The van der Waals surface area contributed by atoms with E-state index in [2.05, 4.69) is 8.37 Å². The van der Waals surface area contributed by atoms with Crippen LogP contribution in [0.3, 0.4) is 0 Å². The molecule has 0 saturated heterocycles. The van der Waals surface area contributed by atoms with Gasteiger partial charge in [0.2, 0.25) is 0 Å². The maximum atomic E-state index is 11.5. The van der Waals surface area contributed by atoms with Crippen molar-refractivity contribution < 1.29 is 31.4 Å². The molecule has 0 saturated carbocycles. The van der Waals surface area contributed by atoms with Gasteiger partial charge in [-0.15, -0.1) is 0 Å². The number of hydrogen-bond donors (Lipinski definition) is 1. The molecule has 1 N–H and O–H groups in total. The molecule has 0 bridgehead atoms. The predicted octanol–water partition coefficient (Wildman–Crippen LogP) is 1.08. The van der Waals surface area contributed by atoms with E-state index in [-0.39, 0.29) is 24.7 Å². The zero-order valence-electron chi connectivity index (χ0n) is 10.7. The van der Waals surface area contributed by atoms with Crippen LogP contribution in [-0.4, -0.2) is 33.2 Å². The van der Waals surface area contributed by atoms with Gasteiger partial charge >= 0.3 is 16.4 Å². The zero-order chi connectivity index (χ0) is 14.8. The van der Waals surface area contributed by atoms with Gasteiger partial charge in [0, 0.05) is 12.0 Å². The van der Waals surface area contributed by atoms with Crippen LogP contribution in [0.5, 0.6) is 11.5 Å². The van der Waals surface area contributed by atoms with E-state index in [1.54, 1.807) is 6.07 Å². The van der Waals surface area contributed by atoms with Gasteiger partial charge in [-0.05, 0) is 18.1 Å². The van der Waals surface area contributed by atoms with Gasteiger partial charge in [-0.3, -0.25) is 8.98 Å². The summed E-state index contributed by atoms with van der Waals surface area (Å²) in [6.07, 6.45) is 0.448. The molecule has 8 heteroatoms. The maximum Gasteiger partial charge on any atom is 0.399 e. The molecule has 0 radical (unpaired) electrons. The second-order valence-corrected chi connectivity index (χ2v) is 5.67. The molecule has 1 aromatic rings.